The maximum atomic E-state index is 12.8. The first-order valence-corrected chi connectivity index (χ1v) is 11.4. The standard InChI is InChI=1S/C24H32N2O4/c1-16-5-3-7-24(2)14-21-17(13-19(16)24)18(23(28)30-21)15-25-8-10-26(11-9-25)22(27)20-6-4-12-29-20/h4,6,12-13,16-18,21H,3,5,7-11,14-15H2,1-2H3/t16-,17+,18?,21+,24+/m0/s1. The molecule has 3 heterocycles. The van der Waals surface area contributed by atoms with Crippen molar-refractivity contribution in [2.45, 2.75) is 45.6 Å². The van der Waals surface area contributed by atoms with Crippen LogP contribution in [0.2, 0.25) is 0 Å². The summed E-state index contributed by atoms with van der Waals surface area (Å²) in [6.45, 7) is 8.29. The molecule has 2 saturated heterocycles. The summed E-state index contributed by atoms with van der Waals surface area (Å²) in [6.07, 6.45) is 8.69. The molecule has 4 aliphatic rings. The Hall–Kier alpha value is -2.08. The first kappa shape index (κ1) is 19.9. The van der Waals surface area contributed by atoms with Crippen LogP contribution in [0.5, 0.6) is 0 Å². The number of carbonyl (C=O) groups excluding carboxylic acids is 2. The second-order valence-corrected chi connectivity index (χ2v) is 9.91. The Kier molecular flexibility index (Phi) is 5.00. The lowest BCUT2D eigenvalue weighted by molar-refractivity contribution is -0.145. The van der Waals surface area contributed by atoms with Crippen LogP contribution in [0.1, 0.15) is 50.1 Å². The SMILES string of the molecule is C[C@H]1CCC[C@]2(C)C[C@H]3OC(=O)C(CN4CCN(C(=O)c5ccco5)CC4)[C@H]3C=C12. The Morgan fingerprint density at radius 1 is 1.27 bits per heavy atom. The molecule has 0 radical (unpaired) electrons. The zero-order valence-corrected chi connectivity index (χ0v) is 18.0. The van der Waals surface area contributed by atoms with E-state index in [1.807, 2.05) is 4.90 Å². The van der Waals surface area contributed by atoms with Crippen molar-refractivity contribution in [3.63, 3.8) is 0 Å². The summed E-state index contributed by atoms with van der Waals surface area (Å²) in [5.41, 5.74) is 1.76. The molecular weight excluding hydrogens is 380 g/mol. The highest BCUT2D eigenvalue weighted by atomic mass is 16.6. The van der Waals surface area contributed by atoms with Gasteiger partial charge in [0.1, 0.15) is 6.10 Å². The third-order valence-electron chi connectivity index (χ3n) is 7.93. The summed E-state index contributed by atoms with van der Waals surface area (Å²) < 4.78 is 11.1. The molecule has 1 unspecified atom stereocenters. The van der Waals surface area contributed by atoms with E-state index in [9.17, 15) is 9.59 Å². The summed E-state index contributed by atoms with van der Waals surface area (Å²) in [5, 5.41) is 0. The second kappa shape index (κ2) is 7.56. The average Bonchev–Trinajstić information content (AvgIpc) is 3.35. The summed E-state index contributed by atoms with van der Waals surface area (Å²) in [4.78, 5) is 29.4. The number of furan rings is 1. The van der Waals surface area contributed by atoms with Gasteiger partial charge in [-0.3, -0.25) is 14.5 Å². The van der Waals surface area contributed by atoms with Crippen molar-refractivity contribution >= 4 is 11.9 Å². The highest BCUT2D eigenvalue weighted by Crippen LogP contribution is 2.54. The fourth-order valence-corrected chi connectivity index (χ4v) is 6.23. The van der Waals surface area contributed by atoms with Crippen molar-refractivity contribution in [3.8, 4) is 0 Å². The van der Waals surface area contributed by atoms with Gasteiger partial charge in [-0.1, -0.05) is 31.9 Å². The third-order valence-corrected chi connectivity index (χ3v) is 7.93. The molecule has 162 valence electrons. The summed E-state index contributed by atoms with van der Waals surface area (Å²) in [6, 6.07) is 3.45. The Balaban J connectivity index is 1.25. The number of nitrogens with zero attached hydrogens (tertiary/aromatic N) is 2. The van der Waals surface area contributed by atoms with E-state index in [2.05, 4.69) is 24.8 Å². The molecule has 2 aliphatic carbocycles. The summed E-state index contributed by atoms with van der Waals surface area (Å²) in [5.74, 6) is 1.02. The Labute approximate surface area is 178 Å². The molecule has 2 aliphatic heterocycles. The van der Waals surface area contributed by atoms with Crippen LogP contribution in [-0.2, 0) is 9.53 Å². The van der Waals surface area contributed by atoms with Gasteiger partial charge in [-0.15, -0.1) is 0 Å². The van der Waals surface area contributed by atoms with E-state index in [0.717, 1.165) is 26.1 Å². The van der Waals surface area contributed by atoms with Crippen LogP contribution in [0.3, 0.4) is 0 Å². The molecule has 0 bridgehead atoms. The number of hydrogen-bond donors (Lipinski definition) is 0. The smallest absolute Gasteiger partial charge is 0.311 e. The minimum Gasteiger partial charge on any atom is -0.461 e. The highest BCUT2D eigenvalue weighted by Gasteiger charge is 2.52. The molecule has 1 aromatic heterocycles. The Morgan fingerprint density at radius 2 is 2.07 bits per heavy atom. The molecule has 1 amide bonds. The van der Waals surface area contributed by atoms with E-state index < -0.39 is 0 Å². The van der Waals surface area contributed by atoms with Crippen LogP contribution >= 0.6 is 0 Å². The van der Waals surface area contributed by atoms with Crippen LogP contribution in [0.15, 0.2) is 34.5 Å². The van der Waals surface area contributed by atoms with Crippen LogP contribution in [0.25, 0.3) is 0 Å². The molecule has 5 atom stereocenters. The predicted octanol–water partition coefficient (Wildman–Crippen LogP) is 3.35. The largest absolute Gasteiger partial charge is 0.461 e. The average molecular weight is 413 g/mol. The van der Waals surface area contributed by atoms with Crippen molar-refractivity contribution in [1.82, 2.24) is 9.80 Å². The van der Waals surface area contributed by atoms with Gasteiger partial charge in [0.05, 0.1) is 12.2 Å². The van der Waals surface area contributed by atoms with E-state index in [0.29, 0.717) is 24.8 Å². The number of hydrogen-bond acceptors (Lipinski definition) is 5. The predicted molar refractivity (Wildman–Crippen MR) is 112 cm³/mol. The number of carbonyl (C=O) groups is 2. The number of fused-ring (bicyclic) bond motifs is 2. The maximum absolute atomic E-state index is 12.8. The molecule has 0 spiro atoms. The minimum absolute atomic E-state index is 0.0309. The molecule has 5 rings (SSSR count). The summed E-state index contributed by atoms with van der Waals surface area (Å²) >= 11 is 0. The number of ether oxygens (including phenoxy) is 1. The van der Waals surface area contributed by atoms with Gasteiger partial charge >= 0.3 is 5.97 Å². The lowest BCUT2D eigenvalue weighted by Crippen LogP contribution is -2.50. The molecule has 1 saturated carbocycles. The number of rotatable bonds is 3. The van der Waals surface area contributed by atoms with Crippen LogP contribution in [0, 0.1) is 23.2 Å². The lowest BCUT2D eigenvalue weighted by atomic mass is 9.59. The molecule has 0 N–H and O–H groups in total. The fraction of sp³-hybridized carbons (Fsp3) is 0.667. The van der Waals surface area contributed by atoms with Crippen molar-refractivity contribution < 1.29 is 18.7 Å². The van der Waals surface area contributed by atoms with Gasteiger partial charge in [0.15, 0.2) is 5.76 Å². The monoisotopic (exact) mass is 412 g/mol. The lowest BCUT2D eigenvalue weighted by Gasteiger charge is -2.46. The van der Waals surface area contributed by atoms with Gasteiger partial charge in [0, 0.05) is 38.6 Å². The molecule has 3 fully saturated rings. The number of esters is 1. The zero-order valence-electron chi connectivity index (χ0n) is 18.0. The topological polar surface area (TPSA) is 63.0 Å². The van der Waals surface area contributed by atoms with E-state index in [4.69, 9.17) is 9.15 Å². The van der Waals surface area contributed by atoms with E-state index in [-0.39, 0.29) is 35.2 Å². The zero-order chi connectivity index (χ0) is 20.9. The van der Waals surface area contributed by atoms with Crippen LogP contribution in [-0.4, -0.2) is 60.5 Å². The third kappa shape index (κ3) is 3.39. The Bertz CT molecular complexity index is 839. The fourth-order valence-electron chi connectivity index (χ4n) is 6.23. The van der Waals surface area contributed by atoms with Gasteiger partial charge in [0.25, 0.3) is 5.91 Å². The molecule has 6 heteroatoms. The summed E-state index contributed by atoms with van der Waals surface area (Å²) in [7, 11) is 0. The number of allylic oxidation sites excluding steroid dienone is 1. The van der Waals surface area contributed by atoms with E-state index in [1.54, 1.807) is 17.7 Å². The van der Waals surface area contributed by atoms with Gasteiger partial charge in [0.2, 0.25) is 0 Å². The molecule has 1 aromatic rings. The normalized spacial score (nSPS) is 36.7. The quantitative estimate of drug-likeness (QED) is 0.563. The van der Waals surface area contributed by atoms with Crippen molar-refractivity contribution in [1.29, 1.82) is 0 Å². The van der Waals surface area contributed by atoms with Gasteiger partial charge in [-0.25, -0.2) is 0 Å². The van der Waals surface area contributed by atoms with Crippen molar-refractivity contribution in [2.24, 2.45) is 23.2 Å². The molecule has 0 aromatic carbocycles. The first-order valence-electron chi connectivity index (χ1n) is 11.4. The van der Waals surface area contributed by atoms with Gasteiger partial charge in [-0.05, 0) is 42.7 Å². The Morgan fingerprint density at radius 3 is 2.80 bits per heavy atom. The molecule has 6 nitrogen and oxygen atoms in total. The second-order valence-electron chi connectivity index (χ2n) is 9.91. The van der Waals surface area contributed by atoms with Crippen molar-refractivity contribution in [3.05, 3.63) is 35.8 Å². The van der Waals surface area contributed by atoms with E-state index >= 15 is 0 Å². The van der Waals surface area contributed by atoms with Gasteiger partial charge < -0.3 is 14.1 Å². The van der Waals surface area contributed by atoms with Crippen LogP contribution < -0.4 is 0 Å². The number of amides is 1. The van der Waals surface area contributed by atoms with Crippen LogP contribution in [0.4, 0.5) is 0 Å². The van der Waals surface area contributed by atoms with Gasteiger partial charge in [-0.2, -0.15) is 0 Å². The maximum Gasteiger partial charge on any atom is 0.311 e. The van der Waals surface area contributed by atoms with Crippen molar-refractivity contribution in [2.75, 3.05) is 32.7 Å². The molecular formula is C24H32N2O4. The number of piperazine rings is 1. The minimum atomic E-state index is -0.0894. The first-order chi connectivity index (χ1) is 14.4. The highest BCUT2D eigenvalue weighted by molar-refractivity contribution is 5.91. The molecule has 30 heavy (non-hydrogen) atoms. The van der Waals surface area contributed by atoms with E-state index in [1.165, 1.54) is 25.5 Å².